The Morgan fingerprint density at radius 3 is 2.77 bits per heavy atom. The van der Waals surface area contributed by atoms with Crippen LogP contribution in [0.3, 0.4) is 0 Å². The van der Waals surface area contributed by atoms with Gasteiger partial charge in [0.15, 0.2) is 11.5 Å². The number of fused-ring (bicyclic) bond motifs is 1. The number of hydrogen-bond acceptors (Lipinski definition) is 6. The van der Waals surface area contributed by atoms with E-state index in [0.29, 0.717) is 18.1 Å². The predicted molar refractivity (Wildman–Crippen MR) is 99.2 cm³/mol. The molecule has 0 unspecified atom stereocenters. The zero-order chi connectivity index (χ0) is 17.6. The average Bonchev–Trinajstić information content (AvgIpc) is 3.16. The van der Waals surface area contributed by atoms with Crippen LogP contribution in [0.15, 0.2) is 78.2 Å². The summed E-state index contributed by atoms with van der Waals surface area (Å²) < 4.78 is 7.50. The fourth-order valence-electron chi connectivity index (χ4n) is 2.41. The van der Waals surface area contributed by atoms with Crippen molar-refractivity contribution in [3.8, 4) is 5.75 Å². The van der Waals surface area contributed by atoms with Gasteiger partial charge in [0.25, 0.3) is 0 Å². The Morgan fingerprint density at radius 1 is 1.00 bits per heavy atom. The third-order valence-electron chi connectivity index (χ3n) is 3.70. The lowest BCUT2D eigenvalue weighted by molar-refractivity contribution is 0.306. The highest BCUT2D eigenvalue weighted by Crippen LogP contribution is 2.17. The molecule has 2 aromatic heterocycles. The summed E-state index contributed by atoms with van der Waals surface area (Å²) in [5.74, 6) is 1.36. The van der Waals surface area contributed by atoms with Gasteiger partial charge in [-0.1, -0.05) is 42.5 Å². The fourth-order valence-corrected chi connectivity index (χ4v) is 2.41. The predicted octanol–water partition coefficient (Wildman–Crippen LogP) is 3.15. The monoisotopic (exact) mass is 344 g/mol. The molecule has 7 nitrogen and oxygen atoms in total. The van der Waals surface area contributed by atoms with Crippen LogP contribution >= 0.6 is 0 Å². The molecule has 4 rings (SSSR count). The quantitative estimate of drug-likeness (QED) is 0.429. The van der Waals surface area contributed by atoms with E-state index in [2.05, 4.69) is 25.8 Å². The Hall–Kier alpha value is -3.74. The summed E-state index contributed by atoms with van der Waals surface area (Å²) in [7, 11) is 0. The molecule has 0 aliphatic carbocycles. The van der Waals surface area contributed by atoms with Crippen LogP contribution in [-0.2, 0) is 6.61 Å². The molecule has 128 valence electrons. The lowest BCUT2D eigenvalue weighted by Crippen LogP contribution is -2.00. The first-order valence-electron chi connectivity index (χ1n) is 8.10. The minimum absolute atomic E-state index is 0.505. The molecule has 2 heterocycles. The van der Waals surface area contributed by atoms with Gasteiger partial charge in [-0.05, 0) is 29.8 Å². The van der Waals surface area contributed by atoms with Crippen molar-refractivity contribution in [2.24, 2.45) is 5.10 Å². The minimum Gasteiger partial charge on any atom is -0.488 e. The summed E-state index contributed by atoms with van der Waals surface area (Å²) in [5.41, 5.74) is 5.57. The van der Waals surface area contributed by atoms with Crippen molar-refractivity contribution in [1.29, 1.82) is 0 Å². The molecule has 0 spiro atoms. The van der Waals surface area contributed by atoms with Gasteiger partial charge in [0.1, 0.15) is 18.7 Å². The van der Waals surface area contributed by atoms with Crippen LogP contribution in [0, 0.1) is 0 Å². The standard InChI is InChI=1S/C19H16N6O/c1-2-6-15(7-3-1)13-26-17-9-5-4-8-16(17)12-20-22-18-10-11-19-23-21-14-25(19)24-18/h1-12,14H,13H2,(H,22,24)/b20-12-. The molecule has 2 aromatic carbocycles. The van der Waals surface area contributed by atoms with Crippen LogP contribution in [0.1, 0.15) is 11.1 Å². The second-order valence-corrected chi connectivity index (χ2v) is 5.53. The average molecular weight is 344 g/mol. The van der Waals surface area contributed by atoms with Gasteiger partial charge in [-0.15, -0.1) is 15.3 Å². The van der Waals surface area contributed by atoms with E-state index in [0.717, 1.165) is 16.9 Å². The maximum atomic E-state index is 5.92. The molecule has 0 aliphatic heterocycles. The van der Waals surface area contributed by atoms with Crippen LogP contribution in [0.25, 0.3) is 5.65 Å². The number of hydrazone groups is 1. The first-order chi connectivity index (χ1) is 12.9. The maximum Gasteiger partial charge on any atom is 0.177 e. The Balaban J connectivity index is 1.44. The second-order valence-electron chi connectivity index (χ2n) is 5.53. The Labute approximate surface area is 150 Å². The summed E-state index contributed by atoms with van der Waals surface area (Å²) in [6.07, 6.45) is 3.25. The molecule has 0 atom stereocenters. The van der Waals surface area contributed by atoms with Crippen molar-refractivity contribution in [1.82, 2.24) is 19.8 Å². The number of aromatic nitrogens is 4. The highest BCUT2D eigenvalue weighted by Gasteiger charge is 2.02. The number of benzene rings is 2. The Kier molecular flexibility index (Phi) is 4.51. The molecule has 0 aliphatic rings. The van der Waals surface area contributed by atoms with E-state index >= 15 is 0 Å². The van der Waals surface area contributed by atoms with E-state index in [1.54, 1.807) is 16.8 Å². The minimum atomic E-state index is 0.505. The number of nitrogens with one attached hydrogen (secondary N) is 1. The van der Waals surface area contributed by atoms with Crippen LogP contribution in [-0.4, -0.2) is 26.0 Å². The zero-order valence-corrected chi connectivity index (χ0v) is 13.9. The number of anilines is 1. The molecule has 1 N–H and O–H groups in total. The molecular weight excluding hydrogens is 328 g/mol. The van der Waals surface area contributed by atoms with Crippen LogP contribution < -0.4 is 10.2 Å². The van der Waals surface area contributed by atoms with Crippen molar-refractivity contribution in [3.05, 3.63) is 84.2 Å². The van der Waals surface area contributed by atoms with Gasteiger partial charge in [0.2, 0.25) is 0 Å². The molecule has 0 saturated heterocycles. The summed E-state index contributed by atoms with van der Waals surface area (Å²) in [4.78, 5) is 0. The van der Waals surface area contributed by atoms with Gasteiger partial charge in [-0.2, -0.15) is 9.62 Å². The lowest BCUT2D eigenvalue weighted by atomic mass is 10.2. The highest BCUT2D eigenvalue weighted by molar-refractivity contribution is 5.83. The summed E-state index contributed by atoms with van der Waals surface area (Å²) >= 11 is 0. The smallest absolute Gasteiger partial charge is 0.177 e. The normalized spacial score (nSPS) is 11.1. The van der Waals surface area contributed by atoms with Crippen LogP contribution in [0.2, 0.25) is 0 Å². The molecule has 0 amide bonds. The molecule has 0 bridgehead atoms. The number of rotatable bonds is 6. The number of ether oxygens (including phenoxy) is 1. The third-order valence-corrected chi connectivity index (χ3v) is 3.70. The Bertz CT molecular complexity index is 1030. The molecule has 0 radical (unpaired) electrons. The fraction of sp³-hybridized carbons (Fsp3) is 0.0526. The van der Waals surface area contributed by atoms with Gasteiger partial charge in [-0.3, -0.25) is 5.43 Å². The first kappa shape index (κ1) is 15.8. The number of nitrogens with zero attached hydrogens (tertiary/aromatic N) is 5. The van der Waals surface area contributed by atoms with Crippen molar-refractivity contribution in [3.63, 3.8) is 0 Å². The molecule has 26 heavy (non-hydrogen) atoms. The third kappa shape index (κ3) is 3.67. The van der Waals surface area contributed by atoms with E-state index in [9.17, 15) is 0 Å². The molecule has 0 saturated carbocycles. The largest absolute Gasteiger partial charge is 0.488 e. The van der Waals surface area contributed by atoms with Crippen LogP contribution in [0.5, 0.6) is 5.75 Å². The number of para-hydroxylation sites is 1. The van der Waals surface area contributed by atoms with E-state index in [4.69, 9.17) is 4.74 Å². The van der Waals surface area contributed by atoms with Gasteiger partial charge in [0, 0.05) is 5.56 Å². The molecule has 7 heteroatoms. The summed E-state index contributed by atoms with van der Waals surface area (Å²) in [6.45, 7) is 0.505. The van der Waals surface area contributed by atoms with Crippen molar-refractivity contribution in [2.75, 3.05) is 5.43 Å². The van der Waals surface area contributed by atoms with Crippen molar-refractivity contribution in [2.45, 2.75) is 6.61 Å². The van der Waals surface area contributed by atoms with Gasteiger partial charge < -0.3 is 4.74 Å². The molecule has 4 aromatic rings. The molecular formula is C19H16N6O. The SMILES string of the molecule is C(=N/Nc1ccc2nncn2n1)/c1ccccc1OCc1ccccc1. The summed E-state index contributed by atoms with van der Waals surface area (Å²) in [6, 6.07) is 21.4. The zero-order valence-electron chi connectivity index (χ0n) is 13.9. The second kappa shape index (κ2) is 7.43. The van der Waals surface area contributed by atoms with E-state index in [-0.39, 0.29) is 0 Å². The maximum absolute atomic E-state index is 5.92. The lowest BCUT2D eigenvalue weighted by Gasteiger charge is -2.09. The van der Waals surface area contributed by atoms with Gasteiger partial charge >= 0.3 is 0 Å². The van der Waals surface area contributed by atoms with Crippen LogP contribution in [0.4, 0.5) is 5.82 Å². The van der Waals surface area contributed by atoms with Gasteiger partial charge in [-0.25, -0.2) is 0 Å². The topological polar surface area (TPSA) is 76.7 Å². The molecule has 0 fully saturated rings. The summed E-state index contributed by atoms with van der Waals surface area (Å²) in [5, 5.41) is 16.3. The van der Waals surface area contributed by atoms with E-state index in [1.165, 1.54) is 6.33 Å². The highest BCUT2D eigenvalue weighted by atomic mass is 16.5. The first-order valence-corrected chi connectivity index (χ1v) is 8.10. The van der Waals surface area contributed by atoms with E-state index in [1.807, 2.05) is 60.7 Å². The number of hydrogen-bond donors (Lipinski definition) is 1. The van der Waals surface area contributed by atoms with Crippen molar-refractivity contribution < 1.29 is 4.74 Å². The van der Waals surface area contributed by atoms with Crippen molar-refractivity contribution >= 4 is 17.7 Å². The van der Waals surface area contributed by atoms with E-state index < -0.39 is 0 Å². The van der Waals surface area contributed by atoms with Gasteiger partial charge in [0.05, 0.1) is 6.21 Å². The Morgan fingerprint density at radius 2 is 1.85 bits per heavy atom.